The molecule has 0 amide bonds. The molecule has 0 aliphatic carbocycles. The fraction of sp³-hybridized carbons (Fsp3) is 0. The van der Waals surface area contributed by atoms with E-state index in [1.807, 2.05) is 0 Å². The van der Waals surface area contributed by atoms with E-state index < -0.39 is 0 Å². The summed E-state index contributed by atoms with van der Waals surface area (Å²) >= 11 is 5.03. The topological polar surface area (TPSA) is 37.8 Å². The minimum Gasteiger partial charge on any atom is -0.179 e. The molecule has 0 saturated carbocycles. The van der Waals surface area contributed by atoms with Gasteiger partial charge in [0.2, 0.25) is 5.40 Å². The number of isothiocyanates is 1. The lowest BCUT2D eigenvalue weighted by molar-refractivity contribution is -0.229. The molecule has 0 aromatic heterocycles. The smallest absolute Gasteiger partial charge is 0.179 e. The summed E-state index contributed by atoms with van der Waals surface area (Å²) in [6.07, 6.45) is 0. The second kappa shape index (κ2) is 4.64. The Balaban J connectivity index is 3.16. The maximum atomic E-state index is 7.76. The summed E-state index contributed by atoms with van der Waals surface area (Å²) in [5, 5.41) is 11.6. The molecule has 6 heavy (non-hydrogen) atoms. The van der Waals surface area contributed by atoms with Crippen LogP contribution in [-0.4, -0.2) is 5.16 Å². The molecule has 0 aliphatic rings. The predicted octanol–water partition coefficient (Wildman–Crippen LogP) is -0.701. The molecule has 0 aromatic carbocycles. The van der Waals surface area contributed by atoms with Crippen molar-refractivity contribution < 1.29 is 4.40 Å². The molecule has 0 spiro atoms. The molecule has 0 rings (SSSR count). The predicted molar refractivity (Wildman–Crippen MR) is 26.8 cm³/mol. The van der Waals surface area contributed by atoms with E-state index in [9.17, 15) is 0 Å². The van der Waals surface area contributed by atoms with Gasteiger partial charge in [0.25, 0.3) is 17.1 Å². The molecular formula is C2HN2S2+. The largest absolute Gasteiger partial charge is 0.289 e. The summed E-state index contributed by atoms with van der Waals surface area (Å²) in [5.41, 5.74) is 0. The van der Waals surface area contributed by atoms with Gasteiger partial charge in [0, 0.05) is 12.2 Å². The first kappa shape index (κ1) is 5.64. The molecule has 0 aromatic rings. The third-order valence-electron chi connectivity index (χ3n) is 0.138. The van der Waals surface area contributed by atoms with Gasteiger partial charge in [-0.25, -0.2) is 0 Å². The van der Waals surface area contributed by atoms with Crippen molar-refractivity contribution in [2.75, 3.05) is 0 Å². The van der Waals surface area contributed by atoms with Crippen molar-refractivity contribution in [2.45, 2.75) is 0 Å². The van der Waals surface area contributed by atoms with Gasteiger partial charge in [-0.3, -0.25) is 0 Å². The first-order chi connectivity index (χ1) is 2.91. The number of nitriles is 1. The van der Waals surface area contributed by atoms with Gasteiger partial charge in [0.1, 0.15) is 0 Å². The monoisotopic (exact) mass is 117 g/mol. The van der Waals surface area contributed by atoms with Crippen LogP contribution in [0.3, 0.4) is 0 Å². The van der Waals surface area contributed by atoms with Gasteiger partial charge in [-0.05, 0) is 0 Å². The molecule has 0 saturated heterocycles. The minimum absolute atomic E-state index is 0.848. The summed E-state index contributed by atoms with van der Waals surface area (Å²) in [6, 6.07) is 0. The lowest BCUT2D eigenvalue weighted by Crippen LogP contribution is -2.55. The molecule has 0 heterocycles. The first-order valence-corrected chi connectivity index (χ1v) is 2.31. The molecule has 0 fully saturated rings. The maximum Gasteiger partial charge on any atom is 0.289 e. The number of hydrogen-bond acceptors (Lipinski definition) is 3. The molecule has 0 aliphatic heterocycles. The fourth-order valence-corrected chi connectivity index (χ4v) is 0.256. The molecule has 4 heteroatoms. The van der Waals surface area contributed by atoms with Crippen LogP contribution in [0, 0.1) is 10.7 Å². The highest BCUT2D eigenvalue weighted by atomic mass is 32.2. The first-order valence-electron chi connectivity index (χ1n) is 1.09. The highest BCUT2D eigenvalue weighted by Gasteiger charge is 1.74. The molecule has 30 valence electrons. The Bertz CT molecular complexity index is 107. The third kappa shape index (κ3) is 3.64. The Kier molecular flexibility index (Phi) is 4.36. The Hall–Kier alpha value is -0.360. The molecule has 0 radical (unpaired) electrons. The van der Waals surface area contributed by atoms with Crippen LogP contribution in [-0.2, 0) is 0 Å². The lowest BCUT2D eigenvalue weighted by Gasteiger charge is -1.45. The fourth-order valence-electron chi connectivity index (χ4n) is 0.0437. The third-order valence-corrected chi connectivity index (χ3v) is 0.665. The summed E-state index contributed by atoms with van der Waals surface area (Å²) in [6.45, 7) is 0. The summed E-state index contributed by atoms with van der Waals surface area (Å²) < 4.78 is 2.32. The Morgan fingerprint density at radius 2 is 2.50 bits per heavy atom. The van der Waals surface area contributed by atoms with Crippen molar-refractivity contribution >= 4 is 29.3 Å². The van der Waals surface area contributed by atoms with Gasteiger partial charge in [-0.1, -0.05) is 0 Å². The average Bonchev–Trinajstić information content (AvgIpc) is 1.61. The highest BCUT2D eigenvalue weighted by molar-refractivity contribution is 7.97. The SMILES string of the molecule is N#CS[NH+]=C=S. The van der Waals surface area contributed by atoms with E-state index in [1.165, 1.54) is 0 Å². The van der Waals surface area contributed by atoms with E-state index >= 15 is 0 Å². The van der Waals surface area contributed by atoms with Crippen LogP contribution in [0.1, 0.15) is 0 Å². The molecule has 0 atom stereocenters. The van der Waals surface area contributed by atoms with E-state index in [4.69, 9.17) is 5.26 Å². The van der Waals surface area contributed by atoms with E-state index in [0.717, 1.165) is 11.9 Å². The maximum absolute atomic E-state index is 7.76. The summed E-state index contributed by atoms with van der Waals surface area (Å²) in [4.78, 5) is 0. The quantitative estimate of drug-likeness (QED) is 0.213. The van der Waals surface area contributed by atoms with Crippen LogP contribution in [0.2, 0.25) is 0 Å². The van der Waals surface area contributed by atoms with E-state index in [0.29, 0.717) is 0 Å². The zero-order valence-corrected chi connectivity index (χ0v) is 4.40. The van der Waals surface area contributed by atoms with Crippen LogP contribution < -0.4 is 4.40 Å². The van der Waals surface area contributed by atoms with Crippen LogP contribution in [0.5, 0.6) is 0 Å². The Morgan fingerprint density at radius 1 is 1.83 bits per heavy atom. The van der Waals surface area contributed by atoms with Crippen LogP contribution >= 0.6 is 24.2 Å². The van der Waals surface area contributed by atoms with Gasteiger partial charge in [0.05, 0.1) is 0 Å². The van der Waals surface area contributed by atoms with E-state index in [2.05, 4.69) is 21.8 Å². The number of rotatable bonds is 1. The lowest BCUT2D eigenvalue weighted by atomic mass is 11.8. The second-order valence-corrected chi connectivity index (χ2v) is 1.19. The van der Waals surface area contributed by atoms with Gasteiger partial charge in [0.15, 0.2) is 0 Å². The van der Waals surface area contributed by atoms with E-state index in [1.54, 1.807) is 5.40 Å². The summed E-state index contributed by atoms with van der Waals surface area (Å²) in [5.74, 6) is 0. The molecule has 0 unspecified atom stereocenters. The minimum atomic E-state index is 0.848. The van der Waals surface area contributed by atoms with Crippen LogP contribution in [0.4, 0.5) is 0 Å². The number of nitrogens with zero attached hydrogens (tertiary/aromatic N) is 1. The zero-order chi connectivity index (χ0) is 4.83. The zero-order valence-electron chi connectivity index (χ0n) is 2.76. The van der Waals surface area contributed by atoms with Crippen molar-refractivity contribution in [1.82, 2.24) is 0 Å². The molecule has 2 nitrogen and oxygen atoms in total. The van der Waals surface area contributed by atoms with Gasteiger partial charge in [-0.2, -0.15) is 5.26 Å². The molecule has 1 N–H and O–H groups in total. The van der Waals surface area contributed by atoms with Crippen molar-refractivity contribution in [1.29, 1.82) is 5.26 Å². The van der Waals surface area contributed by atoms with E-state index in [-0.39, 0.29) is 0 Å². The highest BCUT2D eigenvalue weighted by Crippen LogP contribution is 1.65. The molecule has 0 bridgehead atoms. The molecular weight excluding hydrogens is 116 g/mol. The van der Waals surface area contributed by atoms with Gasteiger partial charge in [-0.15, -0.1) is 4.40 Å². The van der Waals surface area contributed by atoms with Crippen molar-refractivity contribution in [3.05, 3.63) is 0 Å². The number of thiocarbonyl (C=S) groups is 1. The van der Waals surface area contributed by atoms with Crippen molar-refractivity contribution in [3.8, 4) is 5.40 Å². The normalized spacial score (nSPS) is 5.17. The van der Waals surface area contributed by atoms with Crippen molar-refractivity contribution in [3.63, 3.8) is 0 Å². The van der Waals surface area contributed by atoms with Crippen LogP contribution in [0.25, 0.3) is 0 Å². The van der Waals surface area contributed by atoms with Crippen molar-refractivity contribution in [2.24, 2.45) is 0 Å². The van der Waals surface area contributed by atoms with Crippen LogP contribution in [0.15, 0.2) is 0 Å². The van der Waals surface area contributed by atoms with Gasteiger partial charge >= 0.3 is 0 Å². The summed E-state index contributed by atoms with van der Waals surface area (Å²) in [7, 11) is 0. The standard InChI is InChI=1S/C2N2S2/c3-1-6-4-2-5/p+1. The number of nitrogens with one attached hydrogen (secondary N) is 1. The number of hydrogen-bond donors (Lipinski definition) is 1. The second-order valence-electron chi connectivity index (χ2n) is 0.397. The Labute approximate surface area is 45.0 Å². The Morgan fingerprint density at radius 3 is 2.67 bits per heavy atom. The van der Waals surface area contributed by atoms with Gasteiger partial charge < -0.3 is 0 Å². The number of thiocyanates is 1. The average molecular weight is 117 g/mol.